The van der Waals surface area contributed by atoms with Gasteiger partial charge in [-0.25, -0.2) is 4.39 Å². The summed E-state index contributed by atoms with van der Waals surface area (Å²) in [7, 11) is 0. The molecule has 0 saturated heterocycles. The van der Waals surface area contributed by atoms with Gasteiger partial charge in [-0.2, -0.15) is 0 Å². The van der Waals surface area contributed by atoms with Crippen LogP contribution in [0.4, 0.5) is 10.1 Å². The van der Waals surface area contributed by atoms with Gasteiger partial charge in [0.2, 0.25) is 0 Å². The average Bonchev–Trinajstić information content (AvgIpc) is 2.37. The fourth-order valence-corrected chi connectivity index (χ4v) is 1.78. The molecule has 2 aromatic carbocycles. The maximum absolute atomic E-state index is 12.9. The highest BCUT2D eigenvalue weighted by atomic mass is 35.5. The molecule has 5 heteroatoms. The second-order valence-corrected chi connectivity index (χ2v) is 4.18. The number of benzene rings is 2. The zero-order valence-corrected chi connectivity index (χ0v) is 11.1. The smallest absolute Gasteiger partial charge is 0.154 e. The van der Waals surface area contributed by atoms with E-state index in [9.17, 15) is 4.39 Å². The molecule has 3 nitrogen and oxygen atoms in total. The normalized spacial score (nSPS) is 10.3. The topological polar surface area (TPSA) is 44.5 Å². The van der Waals surface area contributed by atoms with E-state index in [1.54, 1.807) is 18.2 Å². The molecule has 0 saturated carbocycles. The van der Waals surface area contributed by atoms with Gasteiger partial charge >= 0.3 is 0 Å². The summed E-state index contributed by atoms with van der Waals surface area (Å²) in [6, 6.07) is 9.09. The second-order valence-electron chi connectivity index (χ2n) is 3.78. The molecule has 0 heterocycles. The molecule has 19 heavy (non-hydrogen) atoms. The van der Waals surface area contributed by atoms with Gasteiger partial charge in [-0.3, -0.25) is 0 Å². The van der Waals surface area contributed by atoms with Crippen molar-refractivity contribution in [2.24, 2.45) is 0 Å². The Hall–Kier alpha value is -1.94. The number of rotatable bonds is 4. The van der Waals surface area contributed by atoms with Crippen molar-refractivity contribution in [1.82, 2.24) is 0 Å². The Morgan fingerprint density at radius 1 is 1.16 bits per heavy atom. The second kappa shape index (κ2) is 5.80. The Morgan fingerprint density at radius 2 is 1.89 bits per heavy atom. The lowest BCUT2D eigenvalue weighted by molar-refractivity contribution is 0.340. The minimum atomic E-state index is -0.423. The first-order valence-electron chi connectivity index (χ1n) is 5.76. The molecule has 0 radical (unpaired) electrons. The lowest BCUT2D eigenvalue weighted by Gasteiger charge is -2.13. The Balaban J connectivity index is 2.30. The fourth-order valence-electron chi connectivity index (χ4n) is 1.57. The predicted octanol–water partition coefficient (Wildman–Crippen LogP) is 4.25. The molecule has 0 bridgehead atoms. The molecule has 0 amide bonds. The maximum Gasteiger partial charge on any atom is 0.154 e. The number of ether oxygens (including phenoxy) is 2. The highest BCUT2D eigenvalue weighted by Gasteiger charge is 2.10. The van der Waals surface area contributed by atoms with Crippen LogP contribution in [0.25, 0.3) is 0 Å². The van der Waals surface area contributed by atoms with Crippen LogP contribution in [0.15, 0.2) is 36.4 Å². The van der Waals surface area contributed by atoms with Gasteiger partial charge in [0.15, 0.2) is 5.75 Å². The number of hydrogen-bond donors (Lipinski definition) is 1. The highest BCUT2D eigenvalue weighted by Crippen LogP contribution is 2.37. The first kappa shape index (κ1) is 13.5. The monoisotopic (exact) mass is 281 g/mol. The van der Waals surface area contributed by atoms with Crippen LogP contribution < -0.4 is 15.2 Å². The van der Waals surface area contributed by atoms with Crippen molar-refractivity contribution in [3.05, 3.63) is 47.2 Å². The van der Waals surface area contributed by atoms with E-state index >= 15 is 0 Å². The number of halogens is 2. The molecule has 2 rings (SSSR count). The maximum atomic E-state index is 12.9. The van der Waals surface area contributed by atoms with Crippen molar-refractivity contribution in [2.75, 3.05) is 12.3 Å². The highest BCUT2D eigenvalue weighted by molar-refractivity contribution is 6.32. The standard InChI is InChI=1S/C14H13ClFNO2/c1-2-18-12-4-3-5-13(14(12)17)19-11-7-6-9(16)8-10(11)15/h3-8H,2,17H2,1H3. The number of para-hydroxylation sites is 1. The van der Waals surface area contributed by atoms with Crippen LogP contribution in [0.2, 0.25) is 5.02 Å². The van der Waals surface area contributed by atoms with Gasteiger partial charge in [-0.1, -0.05) is 17.7 Å². The summed E-state index contributed by atoms with van der Waals surface area (Å²) in [4.78, 5) is 0. The third kappa shape index (κ3) is 3.09. The van der Waals surface area contributed by atoms with Crippen molar-refractivity contribution in [2.45, 2.75) is 6.92 Å². The van der Waals surface area contributed by atoms with E-state index in [-0.39, 0.29) is 5.02 Å². The summed E-state index contributed by atoms with van der Waals surface area (Å²) in [5, 5.41) is 0.182. The quantitative estimate of drug-likeness (QED) is 0.852. The molecule has 0 spiro atoms. The molecule has 100 valence electrons. The fraction of sp³-hybridized carbons (Fsp3) is 0.143. The van der Waals surface area contributed by atoms with Crippen molar-refractivity contribution < 1.29 is 13.9 Å². The zero-order valence-electron chi connectivity index (χ0n) is 10.3. The van der Waals surface area contributed by atoms with E-state index in [1.165, 1.54) is 18.2 Å². The SMILES string of the molecule is CCOc1cccc(Oc2ccc(F)cc2Cl)c1N. The van der Waals surface area contributed by atoms with Crippen LogP contribution in [0, 0.1) is 5.82 Å². The van der Waals surface area contributed by atoms with Crippen LogP contribution in [0.5, 0.6) is 17.2 Å². The number of hydrogen-bond acceptors (Lipinski definition) is 3. The Kier molecular flexibility index (Phi) is 4.12. The van der Waals surface area contributed by atoms with Crippen molar-refractivity contribution in [3.63, 3.8) is 0 Å². The van der Waals surface area contributed by atoms with Crippen LogP contribution >= 0.6 is 11.6 Å². The Morgan fingerprint density at radius 3 is 2.58 bits per heavy atom. The van der Waals surface area contributed by atoms with Crippen molar-refractivity contribution in [1.29, 1.82) is 0 Å². The molecule has 0 aliphatic heterocycles. The van der Waals surface area contributed by atoms with Crippen LogP contribution in [-0.4, -0.2) is 6.61 Å². The number of nitrogen functional groups attached to an aromatic ring is 1. The van der Waals surface area contributed by atoms with Gasteiger partial charge in [0.25, 0.3) is 0 Å². The average molecular weight is 282 g/mol. The summed E-state index contributed by atoms with van der Waals surface area (Å²) in [6.45, 7) is 2.37. The van der Waals surface area contributed by atoms with Gasteiger partial charge < -0.3 is 15.2 Å². The van der Waals surface area contributed by atoms with E-state index in [0.717, 1.165) is 0 Å². The van der Waals surface area contributed by atoms with Gasteiger partial charge in [-0.15, -0.1) is 0 Å². The number of anilines is 1. The summed E-state index contributed by atoms with van der Waals surface area (Å²) < 4.78 is 23.9. The lowest BCUT2D eigenvalue weighted by atomic mass is 10.2. The summed E-state index contributed by atoms with van der Waals surface area (Å²) in [5.74, 6) is 0.870. The minimum Gasteiger partial charge on any atom is -0.492 e. The van der Waals surface area contributed by atoms with Crippen LogP contribution in [0.1, 0.15) is 6.92 Å². The molecule has 0 fully saturated rings. The minimum absolute atomic E-state index is 0.182. The molecule has 0 aromatic heterocycles. The summed E-state index contributed by atoms with van der Waals surface area (Å²) >= 11 is 5.90. The van der Waals surface area contributed by atoms with E-state index in [1.807, 2.05) is 6.92 Å². The Labute approximate surface area is 115 Å². The molecule has 0 atom stereocenters. The third-order valence-corrected chi connectivity index (χ3v) is 2.74. The molecular formula is C14H13ClFNO2. The van der Waals surface area contributed by atoms with Gasteiger partial charge in [-0.05, 0) is 37.3 Å². The predicted molar refractivity (Wildman–Crippen MR) is 73.5 cm³/mol. The molecule has 0 aliphatic rings. The molecule has 0 unspecified atom stereocenters. The molecule has 2 aromatic rings. The zero-order chi connectivity index (χ0) is 13.8. The summed E-state index contributed by atoms with van der Waals surface area (Å²) in [6.07, 6.45) is 0. The molecule has 0 aliphatic carbocycles. The van der Waals surface area contributed by atoms with Gasteiger partial charge in [0, 0.05) is 0 Å². The largest absolute Gasteiger partial charge is 0.492 e. The Bertz CT molecular complexity index is 590. The van der Waals surface area contributed by atoms with Crippen LogP contribution in [-0.2, 0) is 0 Å². The first-order valence-corrected chi connectivity index (χ1v) is 6.13. The van der Waals surface area contributed by atoms with E-state index in [2.05, 4.69) is 0 Å². The molecular weight excluding hydrogens is 269 g/mol. The lowest BCUT2D eigenvalue weighted by Crippen LogP contribution is -1.99. The molecule has 2 N–H and O–H groups in total. The van der Waals surface area contributed by atoms with Crippen LogP contribution in [0.3, 0.4) is 0 Å². The van der Waals surface area contributed by atoms with Gasteiger partial charge in [0.1, 0.15) is 23.0 Å². The third-order valence-electron chi connectivity index (χ3n) is 2.44. The van der Waals surface area contributed by atoms with Gasteiger partial charge in [0.05, 0.1) is 11.6 Å². The van der Waals surface area contributed by atoms with E-state index < -0.39 is 5.82 Å². The first-order chi connectivity index (χ1) is 9.11. The summed E-state index contributed by atoms with van der Waals surface area (Å²) in [5.41, 5.74) is 6.31. The van der Waals surface area contributed by atoms with E-state index in [4.69, 9.17) is 26.8 Å². The van der Waals surface area contributed by atoms with Crippen molar-refractivity contribution >= 4 is 17.3 Å². The van der Waals surface area contributed by atoms with Crippen molar-refractivity contribution in [3.8, 4) is 17.2 Å². The van der Waals surface area contributed by atoms with E-state index in [0.29, 0.717) is 29.5 Å². The number of nitrogens with two attached hydrogens (primary N) is 1.